The fourth-order valence-corrected chi connectivity index (χ4v) is 2.73. The molecule has 0 aromatic heterocycles. The van der Waals surface area contributed by atoms with Gasteiger partial charge in [-0.05, 0) is 37.5 Å². The highest BCUT2D eigenvalue weighted by Crippen LogP contribution is 2.38. The molecule has 66 valence electrons. The van der Waals surface area contributed by atoms with E-state index in [0.29, 0.717) is 6.04 Å². The Balaban J connectivity index is 0.000000605. The summed E-state index contributed by atoms with van der Waals surface area (Å²) in [6, 6.07) is 0.572. The summed E-state index contributed by atoms with van der Waals surface area (Å²) in [5.41, 5.74) is 6.08. The first-order valence-electron chi connectivity index (χ1n) is 4.63. The number of hydrogen-bond donors (Lipinski definition) is 1. The predicted octanol–water partition coefficient (Wildman–Crippen LogP) is 2.34. The molecule has 2 aliphatic carbocycles. The number of nitrogens with two attached hydrogens (primary N) is 1. The van der Waals surface area contributed by atoms with E-state index in [-0.39, 0.29) is 12.4 Å². The molecule has 0 atom stereocenters. The quantitative estimate of drug-likeness (QED) is 0.601. The molecule has 2 fully saturated rings. The predicted molar refractivity (Wildman–Crippen MR) is 49.9 cm³/mol. The van der Waals surface area contributed by atoms with Crippen LogP contribution in [0.25, 0.3) is 0 Å². The van der Waals surface area contributed by atoms with E-state index in [1.807, 2.05) is 0 Å². The van der Waals surface area contributed by atoms with Crippen molar-refractivity contribution < 1.29 is 0 Å². The van der Waals surface area contributed by atoms with Crippen molar-refractivity contribution in [1.29, 1.82) is 0 Å². The molecule has 2 rings (SSSR count). The van der Waals surface area contributed by atoms with Gasteiger partial charge in [0.1, 0.15) is 0 Å². The van der Waals surface area contributed by atoms with Gasteiger partial charge in [-0.2, -0.15) is 0 Å². The van der Waals surface area contributed by atoms with Crippen molar-refractivity contribution >= 4 is 12.4 Å². The van der Waals surface area contributed by atoms with Crippen LogP contribution in [0.5, 0.6) is 0 Å². The molecule has 0 unspecified atom stereocenters. The molecule has 2 bridgehead atoms. The minimum absolute atomic E-state index is 0. The van der Waals surface area contributed by atoms with Gasteiger partial charge in [-0.1, -0.05) is 12.8 Å². The first-order chi connectivity index (χ1) is 4.88. The summed E-state index contributed by atoms with van der Waals surface area (Å²) in [6.07, 6.45) is 8.55. The normalized spacial score (nSPS) is 42.8. The molecule has 0 aromatic rings. The Morgan fingerprint density at radius 3 is 1.45 bits per heavy atom. The zero-order valence-electron chi connectivity index (χ0n) is 6.96. The van der Waals surface area contributed by atoms with Crippen LogP contribution in [-0.4, -0.2) is 6.04 Å². The van der Waals surface area contributed by atoms with Crippen LogP contribution in [0, 0.1) is 11.8 Å². The molecule has 2 saturated carbocycles. The molecule has 0 spiro atoms. The van der Waals surface area contributed by atoms with E-state index >= 15 is 0 Å². The molecular weight excluding hydrogens is 158 g/mol. The number of halogens is 1. The van der Waals surface area contributed by atoms with Gasteiger partial charge in [0, 0.05) is 6.04 Å². The lowest BCUT2D eigenvalue weighted by atomic mass is 9.69. The SMILES string of the molecule is Cl.NC1C2CCCC1CCC2. The van der Waals surface area contributed by atoms with Crippen molar-refractivity contribution in [2.24, 2.45) is 17.6 Å². The van der Waals surface area contributed by atoms with Gasteiger partial charge >= 0.3 is 0 Å². The zero-order valence-corrected chi connectivity index (χ0v) is 7.78. The van der Waals surface area contributed by atoms with Crippen LogP contribution in [0.1, 0.15) is 38.5 Å². The Labute approximate surface area is 75.1 Å². The van der Waals surface area contributed by atoms with Gasteiger partial charge in [-0.3, -0.25) is 0 Å². The van der Waals surface area contributed by atoms with Crippen molar-refractivity contribution in [3.05, 3.63) is 0 Å². The highest BCUT2D eigenvalue weighted by molar-refractivity contribution is 5.85. The van der Waals surface area contributed by atoms with E-state index in [4.69, 9.17) is 5.73 Å². The fraction of sp³-hybridized carbons (Fsp3) is 1.00. The second kappa shape index (κ2) is 3.77. The maximum absolute atomic E-state index is 6.08. The van der Waals surface area contributed by atoms with E-state index in [9.17, 15) is 0 Å². The van der Waals surface area contributed by atoms with Crippen molar-refractivity contribution in [1.82, 2.24) is 0 Å². The Kier molecular flexibility index (Phi) is 3.20. The summed E-state index contributed by atoms with van der Waals surface area (Å²) in [5, 5.41) is 0. The molecule has 2 N–H and O–H groups in total. The van der Waals surface area contributed by atoms with Crippen LogP contribution in [0.4, 0.5) is 0 Å². The zero-order chi connectivity index (χ0) is 6.97. The lowest BCUT2D eigenvalue weighted by Gasteiger charge is -2.40. The van der Waals surface area contributed by atoms with Crippen LogP contribution >= 0.6 is 12.4 Å². The first-order valence-corrected chi connectivity index (χ1v) is 4.63. The van der Waals surface area contributed by atoms with Gasteiger partial charge in [0.15, 0.2) is 0 Å². The van der Waals surface area contributed by atoms with Crippen LogP contribution in [-0.2, 0) is 0 Å². The van der Waals surface area contributed by atoms with Gasteiger partial charge in [0.2, 0.25) is 0 Å². The second-order valence-electron chi connectivity index (χ2n) is 3.96. The van der Waals surface area contributed by atoms with E-state index < -0.39 is 0 Å². The largest absolute Gasteiger partial charge is 0.327 e. The van der Waals surface area contributed by atoms with Gasteiger partial charge in [0.05, 0.1) is 0 Å². The lowest BCUT2D eigenvalue weighted by molar-refractivity contribution is 0.153. The van der Waals surface area contributed by atoms with Crippen LogP contribution in [0.15, 0.2) is 0 Å². The lowest BCUT2D eigenvalue weighted by Crippen LogP contribution is -2.43. The average molecular weight is 176 g/mol. The van der Waals surface area contributed by atoms with Gasteiger partial charge in [-0.25, -0.2) is 0 Å². The number of hydrogen-bond acceptors (Lipinski definition) is 1. The van der Waals surface area contributed by atoms with Gasteiger partial charge in [0.25, 0.3) is 0 Å². The smallest absolute Gasteiger partial charge is 0.00956 e. The minimum Gasteiger partial charge on any atom is -0.327 e. The molecular formula is C9H18ClN. The van der Waals surface area contributed by atoms with Crippen LogP contribution in [0.3, 0.4) is 0 Å². The van der Waals surface area contributed by atoms with Crippen molar-refractivity contribution in [3.8, 4) is 0 Å². The Morgan fingerprint density at radius 1 is 0.818 bits per heavy atom. The monoisotopic (exact) mass is 175 g/mol. The molecule has 0 aromatic carbocycles. The van der Waals surface area contributed by atoms with Crippen LogP contribution in [0.2, 0.25) is 0 Å². The van der Waals surface area contributed by atoms with Crippen molar-refractivity contribution in [2.75, 3.05) is 0 Å². The van der Waals surface area contributed by atoms with E-state index in [0.717, 1.165) is 11.8 Å². The third kappa shape index (κ3) is 1.70. The Bertz CT molecular complexity index is 105. The van der Waals surface area contributed by atoms with E-state index in [1.54, 1.807) is 0 Å². The highest BCUT2D eigenvalue weighted by atomic mass is 35.5. The summed E-state index contributed by atoms with van der Waals surface area (Å²) in [5.74, 6) is 1.79. The van der Waals surface area contributed by atoms with Gasteiger partial charge in [-0.15, -0.1) is 12.4 Å². The molecule has 2 heteroatoms. The topological polar surface area (TPSA) is 26.0 Å². The first kappa shape index (κ1) is 9.34. The second-order valence-corrected chi connectivity index (χ2v) is 3.96. The Morgan fingerprint density at radius 2 is 1.18 bits per heavy atom. The summed E-state index contributed by atoms with van der Waals surface area (Å²) >= 11 is 0. The Hall–Kier alpha value is 0.250. The maximum atomic E-state index is 6.08. The molecule has 1 nitrogen and oxygen atoms in total. The molecule has 0 heterocycles. The molecule has 11 heavy (non-hydrogen) atoms. The maximum Gasteiger partial charge on any atom is 0.00956 e. The van der Waals surface area contributed by atoms with Crippen molar-refractivity contribution in [2.45, 2.75) is 44.6 Å². The highest BCUT2D eigenvalue weighted by Gasteiger charge is 2.33. The van der Waals surface area contributed by atoms with Crippen molar-refractivity contribution in [3.63, 3.8) is 0 Å². The molecule has 0 radical (unpaired) electrons. The molecule has 0 saturated heterocycles. The van der Waals surface area contributed by atoms with Gasteiger partial charge < -0.3 is 5.73 Å². The summed E-state index contributed by atoms with van der Waals surface area (Å²) in [7, 11) is 0. The summed E-state index contributed by atoms with van der Waals surface area (Å²) in [6.45, 7) is 0. The van der Waals surface area contributed by atoms with Crippen LogP contribution < -0.4 is 5.73 Å². The molecule has 2 aliphatic rings. The summed E-state index contributed by atoms with van der Waals surface area (Å²) < 4.78 is 0. The fourth-order valence-electron chi connectivity index (χ4n) is 2.73. The minimum atomic E-state index is 0. The standard InChI is InChI=1S/C9H17N.ClH/c10-9-7-3-1-4-8(9)6-2-5-7;/h7-9H,1-6,10H2;1H. The number of fused-ring (bicyclic) bond motifs is 2. The van der Waals surface area contributed by atoms with E-state index in [2.05, 4.69) is 0 Å². The average Bonchev–Trinajstić information content (AvgIpc) is 1.86. The summed E-state index contributed by atoms with van der Waals surface area (Å²) in [4.78, 5) is 0. The third-order valence-electron chi connectivity index (χ3n) is 3.39. The molecule has 0 aliphatic heterocycles. The third-order valence-corrected chi connectivity index (χ3v) is 3.39. The molecule has 0 amide bonds. The van der Waals surface area contributed by atoms with E-state index in [1.165, 1.54) is 38.5 Å². The number of rotatable bonds is 0.